The Morgan fingerprint density at radius 2 is 1.68 bits per heavy atom. The van der Waals surface area contributed by atoms with Gasteiger partial charge in [-0.05, 0) is 42.5 Å². The summed E-state index contributed by atoms with van der Waals surface area (Å²) in [5, 5.41) is 9.43. The van der Waals surface area contributed by atoms with Crippen molar-refractivity contribution in [3.05, 3.63) is 70.8 Å². The Balaban J connectivity index is 0.000000493. The van der Waals surface area contributed by atoms with Crippen LogP contribution in [0.5, 0.6) is 0 Å². The van der Waals surface area contributed by atoms with Gasteiger partial charge in [-0.2, -0.15) is 13.2 Å². The number of carboxylic acids is 1. The SMILES string of the molecule is NCC1(c2ccccc2)CCN(C(=O)c2ccc3c(c2)C(=O)N(C2CCC(=O)NC2=O)C3)CC1.O=C(O)C(F)(F)F. The van der Waals surface area contributed by atoms with Crippen LogP contribution >= 0.6 is 0 Å². The molecule has 4 N–H and O–H groups in total. The molecule has 0 spiro atoms. The van der Waals surface area contributed by atoms with Crippen molar-refractivity contribution in [2.45, 2.75) is 49.9 Å². The topological polar surface area (TPSA) is 150 Å². The lowest BCUT2D eigenvalue weighted by molar-refractivity contribution is -0.192. The maximum Gasteiger partial charge on any atom is 0.490 e. The summed E-state index contributed by atoms with van der Waals surface area (Å²) in [5.74, 6) is -3.89. The Kier molecular flexibility index (Phi) is 8.47. The molecule has 4 amide bonds. The first-order chi connectivity index (χ1) is 19.4. The minimum Gasteiger partial charge on any atom is -0.475 e. The number of hydrogen-bond acceptors (Lipinski definition) is 6. The van der Waals surface area contributed by atoms with Gasteiger partial charge in [-0.15, -0.1) is 0 Å². The fourth-order valence-electron chi connectivity index (χ4n) is 5.41. The number of hydrogen-bond donors (Lipinski definition) is 3. The lowest BCUT2D eigenvalue weighted by atomic mass is 9.73. The fraction of sp³-hybridized carbons (Fsp3) is 0.393. The summed E-state index contributed by atoms with van der Waals surface area (Å²) in [4.78, 5) is 62.3. The second kappa shape index (κ2) is 11.7. The van der Waals surface area contributed by atoms with E-state index < -0.39 is 24.1 Å². The fourth-order valence-corrected chi connectivity index (χ4v) is 5.41. The molecule has 1 atom stereocenters. The molecule has 13 heteroatoms. The Labute approximate surface area is 233 Å². The number of fused-ring (bicyclic) bond motifs is 1. The molecule has 1 unspecified atom stereocenters. The molecule has 41 heavy (non-hydrogen) atoms. The van der Waals surface area contributed by atoms with Gasteiger partial charge in [0.05, 0.1) is 0 Å². The molecular formula is C28H29F3N4O6. The highest BCUT2D eigenvalue weighted by atomic mass is 19.4. The number of carboxylic acid groups (broad SMARTS) is 1. The monoisotopic (exact) mass is 574 g/mol. The molecule has 0 aliphatic carbocycles. The molecular weight excluding hydrogens is 545 g/mol. The van der Waals surface area contributed by atoms with E-state index in [4.69, 9.17) is 15.6 Å². The molecule has 2 aromatic carbocycles. The largest absolute Gasteiger partial charge is 0.490 e. The molecule has 0 aromatic heterocycles. The van der Waals surface area contributed by atoms with E-state index in [1.165, 1.54) is 10.5 Å². The summed E-state index contributed by atoms with van der Waals surface area (Å²) in [6.45, 7) is 2.02. The number of nitrogens with zero attached hydrogens (tertiary/aromatic N) is 2. The maximum absolute atomic E-state index is 13.3. The van der Waals surface area contributed by atoms with Crippen LogP contribution in [-0.4, -0.2) is 76.4 Å². The number of aliphatic carboxylic acids is 1. The van der Waals surface area contributed by atoms with E-state index in [0.717, 1.165) is 18.4 Å². The minimum atomic E-state index is -5.08. The highest BCUT2D eigenvalue weighted by Crippen LogP contribution is 2.35. The third kappa shape index (κ3) is 6.24. The molecule has 2 fully saturated rings. The lowest BCUT2D eigenvalue weighted by Crippen LogP contribution is -2.52. The van der Waals surface area contributed by atoms with Crippen LogP contribution in [0, 0.1) is 0 Å². The Morgan fingerprint density at radius 1 is 1.05 bits per heavy atom. The standard InChI is InChI=1S/C26H28N4O4.C2HF3O2/c27-16-26(19-4-2-1-3-5-19)10-12-29(13-11-26)24(33)17-6-7-18-15-30(25(34)20(18)14-17)21-8-9-22(31)28-23(21)32;3-2(4,5)1(6)7/h1-7,14,21H,8-13,15-16,27H2,(H,28,31,32);(H,6,7). The normalized spacial score (nSPS) is 20.1. The average molecular weight is 575 g/mol. The smallest absolute Gasteiger partial charge is 0.475 e. The third-order valence-electron chi connectivity index (χ3n) is 7.80. The second-order valence-electron chi connectivity index (χ2n) is 10.2. The number of carbonyl (C=O) groups excluding carboxylic acids is 4. The number of alkyl halides is 3. The number of amides is 4. The van der Waals surface area contributed by atoms with Crippen molar-refractivity contribution in [3.8, 4) is 0 Å². The van der Waals surface area contributed by atoms with Crippen LogP contribution < -0.4 is 11.1 Å². The van der Waals surface area contributed by atoms with Gasteiger partial charge < -0.3 is 20.6 Å². The number of carbonyl (C=O) groups is 5. The number of imide groups is 1. The molecule has 3 aliphatic heterocycles. The number of nitrogens with two attached hydrogens (primary N) is 1. The quantitative estimate of drug-likeness (QED) is 0.474. The first-order valence-electron chi connectivity index (χ1n) is 13.0. The summed E-state index contributed by atoms with van der Waals surface area (Å²) in [5.41, 5.74) is 8.97. The first-order valence-corrected chi connectivity index (χ1v) is 13.0. The van der Waals surface area contributed by atoms with Crippen LogP contribution in [0.3, 0.4) is 0 Å². The predicted molar refractivity (Wildman–Crippen MR) is 138 cm³/mol. The van der Waals surface area contributed by atoms with E-state index in [0.29, 0.717) is 43.7 Å². The summed E-state index contributed by atoms with van der Waals surface area (Å²) < 4.78 is 31.7. The molecule has 2 saturated heterocycles. The molecule has 3 heterocycles. The molecule has 5 rings (SSSR count). The zero-order chi connectivity index (χ0) is 29.9. The van der Waals surface area contributed by atoms with E-state index >= 15 is 0 Å². The zero-order valence-electron chi connectivity index (χ0n) is 21.9. The number of halogens is 3. The number of piperidine rings is 2. The molecule has 2 aromatic rings. The zero-order valence-corrected chi connectivity index (χ0v) is 21.9. The Morgan fingerprint density at radius 3 is 2.24 bits per heavy atom. The Hall–Kier alpha value is -4.26. The number of likely N-dealkylation sites (tertiary alicyclic amines) is 1. The van der Waals surface area contributed by atoms with Crippen molar-refractivity contribution in [1.82, 2.24) is 15.1 Å². The molecule has 218 valence electrons. The third-order valence-corrected chi connectivity index (χ3v) is 7.80. The van der Waals surface area contributed by atoms with Crippen LogP contribution in [0.15, 0.2) is 48.5 Å². The highest BCUT2D eigenvalue weighted by Gasteiger charge is 2.41. The van der Waals surface area contributed by atoms with Crippen LogP contribution in [-0.2, 0) is 26.3 Å². The van der Waals surface area contributed by atoms with Crippen molar-refractivity contribution in [2.75, 3.05) is 19.6 Å². The summed E-state index contributed by atoms with van der Waals surface area (Å²) >= 11 is 0. The van der Waals surface area contributed by atoms with E-state index in [-0.39, 0.29) is 29.6 Å². The molecule has 0 bridgehead atoms. The molecule has 10 nitrogen and oxygen atoms in total. The van der Waals surface area contributed by atoms with E-state index in [1.807, 2.05) is 23.1 Å². The van der Waals surface area contributed by atoms with Crippen molar-refractivity contribution < 1.29 is 42.3 Å². The molecule has 0 radical (unpaired) electrons. The van der Waals surface area contributed by atoms with Crippen LogP contribution in [0.1, 0.15) is 57.5 Å². The molecule has 3 aliphatic rings. The Bertz CT molecular complexity index is 1360. The van der Waals surface area contributed by atoms with Gasteiger partial charge in [0, 0.05) is 49.1 Å². The first kappa shape index (κ1) is 29.7. The molecule has 0 saturated carbocycles. The summed E-state index contributed by atoms with van der Waals surface area (Å²) in [6.07, 6.45) is -2.99. The summed E-state index contributed by atoms with van der Waals surface area (Å²) in [7, 11) is 0. The van der Waals surface area contributed by atoms with Crippen LogP contribution in [0.4, 0.5) is 13.2 Å². The second-order valence-corrected chi connectivity index (χ2v) is 10.2. The van der Waals surface area contributed by atoms with Crippen molar-refractivity contribution in [2.24, 2.45) is 5.73 Å². The number of benzene rings is 2. The predicted octanol–water partition coefficient (Wildman–Crippen LogP) is 2.21. The summed E-state index contributed by atoms with van der Waals surface area (Å²) in [6, 6.07) is 14.8. The van der Waals surface area contributed by atoms with Crippen molar-refractivity contribution in [1.29, 1.82) is 0 Å². The van der Waals surface area contributed by atoms with Gasteiger partial charge in [0.2, 0.25) is 11.8 Å². The minimum absolute atomic E-state index is 0.103. The van der Waals surface area contributed by atoms with Gasteiger partial charge in [-0.1, -0.05) is 36.4 Å². The van der Waals surface area contributed by atoms with Crippen molar-refractivity contribution in [3.63, 3.8) is 0 Å². The van der Waals surface area contributed by atoms with Gasteiger partial charge in [0.25, 0.3) is 11.8 Å². The maximum atomic E-state index is 13.3. The van der Waals surface area contributed by atoms with Crippen LogP contribution in [0.2, 0.25) is 0 Å². The highest BCUT2D eigenvalue weighted by molar-refractivity contribution is 6.06. The van der Waals surface area contributed by atoms with Crippen LogP contribution in [0.25, 0.3) is 0 Å². The van der Waals surface area contributed by atoms with Gasteiger partial charge in [-0.25, -0.2) is 4.79 Å². The van der Waals surface area contributed by atoms with Crippen molar-refractivity contribution >= 4 is 29.6 Å². The van der Waals surface area contributed by atoms with E-state index in [1.54, 1.807) is 18.2 Å². The lowest BCUT2D eigenvalue weighted by Gasteiger charge is -2.41. The van der Waals surface area contributed by atoms with Gasteiger partial charge in [-0.3, -0.25) is 24.5 Å². The van der Waals surface area contributed by atoms with Gasteiger partial charge in [0.15, 0.2) is 0 Å². The number of rotatable bonds is 4. The number of nitrogens with one attached hydrogen (secondary N) is 1. The van der Waals surface area contributed by atoms with Gasteiger partial charge in [0.1, 0.15) is 6.04 Å². The van der Waals surface area contributed by atoms with Gasteiger partial charge >= 0.3 is 12.1 Å². The van der Waals surface area contributed by atoms with E-state index in [2.05, 4.69) is 17.4 Å². The van der Waals surface area contributed by atoms with E-state index in [9.17, 15) is 32.3 Å². The average Bonchev–Trinajstić information content (AvgIpc) is 3.28.